The monoisotopic (exact) mass is 342 g/mol. The normalized spacial score (nSPS) is 19.9. The van der Waals surface area contributed by atoms with Gasteiger partial charge in [0, 0.05) is 19.1 Å². The highest BCUT2D eigenvalue weighted by Crippen LogP contribution is 2.25. The summed E-state index contributed by atoms with van der Waals surface area (Å²) in [7, 11) is 0. The van der Waals surface area contributed by atoms with Gasteiger partial charge in [0.25, 0.3) is 5.91 Å². The van der Waals surface area contributed by atoms with E-state index in [0.717, 1.165) is 5.56 Å². The van der Waals surface area contributed by atoms with Gasteiger partial charge in [0.05, 0.1) is 18.8 Å². The maximum atomic E-state index is 12.6. The van der Waals surface area contributed by atoms with Crippen molar-refractivity contribution in [1.82, 2.24) is 9.88 Å². The minimum absolute atomic E-state index is 0.00486. The van der Waals surface area contributed by atoms with E-state index in [1.165, 1.54) is 6.20 Å². The molecule has 3 rings (SSSR count). The fourth-order valence-electron chi connectivity index (χ4n) is 3.02. The lowest BCUT2D eigenvalue weighted by Gasteiger charge is -2.22. The molecule has 2 unspecified atom stereocenters. The first kappa shape index (κ1) is 17.4. The van der Waals surface area contributed by atoms with E-state index in [2.05, 4.69) is 4.98 Å². The maximum Gasteiger partial charge on any atom is 0.272 e. The first-order chi connectivity index (χ1) is 12.1. The minimum atomic E-state index is -0.269. The van der Waals surface area contributed by atoms with Gasteiger partial charge in [-0.25, -0.2) is 4.98 Å². The predicted molar refractivity (Wildman–Crippen MR) is 92.6 cm³/mol. The highest BCUT2D eigenvalue weighted by molar-refractivity contribution is 5.92. The summed E-state index contributed by atoms with van der Waals surface area (Å²) in [5.74, 6) is 1.02. The van der Waals surface area contributed by atoms with Gasteiger partial charge in [-0.1, -0.05) is 17.7 Å². The number of benzene rings is 1. The van der Waals surface area contributed by atoms with E-state index in [1.54, 1.807) is 17.0 Å². The largest absolute Gasteiger partial charge is 0.456 e. The Kier molecular flexibility index (Phi) is 5.31. The van der Waals surface area contributed by atoms with Crippen molar-refractivity contribution in [1.29, 1.82) is 0 Å². The van der Waals surface area contributed by atoms with Gasteiger partial charge in [-0.15, -0.1) is 0 Å². The molecular formula is C19H22N2O4. The molecule has 1 fully saturated rings. The molecule has 1 aromatic carbocycles. The van der Waals surface area contributed by atoms with E-state index in [4.69, 9.17) is 4.74 Å². The molecule has 1 aromatic heterocycles. The van der Waals surface area contributed by atoms with Gasteiger partial charge in [-0.05, 0) is 37.6 Å². The van der Waals surface area contributed by atoms with Crippen molar-refractivity contribution in [3.63, 3.8) is 0 Å². The number of carbonyl (C=O) groups excluding carboxylic acids is 1. The van der Waals surface area contributed by atoms with Crippen LogP contribution in [-0.2, 0) is 0 Å². The third-order valence-electron chi connectivity index (χ3n) is 4.44. The highest BCUT2D eigenvalue weighted by Gasteiger charge is 2.35. The number of ether oxygens (including phenoxy) is 1. The number of amides is 1. The van der Waals surface area contributed by atoms with Crippen LogP contribution >= 0.6 is 0 Å². The molecule has 1 aliphatic heterocycles. The lowest BCUT2D eigenvalue weighted by molar-refractivity contribution is 0.0666. The molecule has 0 saturated carbocycles. The number of aromatic nitrogens is 1. The summed E-state index contributed by atoms with van der Waals surface area (Å²) >= 11 is 0. The Morgan fingerprint density at radius 3 is 2.48 bits per heavy atom. The molecule has 1 saturated heterocycles. The Labute approximate surface area is 146 Å². The Hall–Kier alpha value is -2.44. The Bertz CT molecular complexity index is 715. The maximum absolute atomic E-state index is 12.6. The van der Waals surface area contributed by atoms with Crippen molar-refractivity contribution in [3.8, 4) is 11.5 Å². The SMILES string of the molecule is Cc1ccc(Oc2ccc(C(=O)N3CC(CO)CC3CO)nc2)cc1. The lowest BCUT2D eigenvalue weighted by Crippen LogP contribution is -2.38. The molecule has 2 aromatic rings. The molecule has 0 radical (unpaired) electrons. The molecule has 0 spiro atoms. The van der Waals surface area contributed by atoms with Crippen molar-refractivity contribution in [3.05, 3.63) is 53.9 Å². The number of aryl methyl sites for hydroxylation is 1. The van der Waals surface area contributed by atoms with Gasteiger partial charge < -0.3 is 19.8 Å². The number of carbonyl (C=O) groups is 1. The topological polar surface area (TPSA) is 82.9 Å². The van der Waals surface area contributed by atoms with Crippen LogP contribution in [-0.4, -0.2) is 51.8 Å². The van der Waals surface area contributed by atoms with Crippen LogP contribution in [0.4, 0.5) is 0 Å². The number of nitrogens with zero attached hydrogens (tertiary/aromatic N) is 2. The molecule has 2 heterocycles. The second-order valence-electron chi connectivity index (χ2n) is 6.37. The second kappa shape index (κ2) is 7.63. The molecule has 0 bridgehead atoms. The van der Waals surface area contributed by atoms with Gasteiger partial charge in [0.2, 0.25) is 0 Å². The predicted octanol–water partition coefficient (Wildman–Crippen LogP) is 2.00. The van der Waals surface area contributed by atoms with Crippen LogP contribution in [0, 0.1) is 12.8 Å². The molecular weight excluding hydrogens is 320 g/mol. The van der Waals surface area contributed by atoms with Crippen LogP contribution in [0.2, 0.25) is 0 Å². The van der Waals surface area contributed by atoms with Gasteiger partial charge in [0.15, 0.2) is 0 Å². The van der Waals surface area contributed by atoms with Gasteiger partial charge in [-0.2, -0.15) is 0 Å². The lowest BCUT2D eigenvalue weighted by atomic mass is 10.1. The summed E-state index contributed by atoms with van der Waals surface area (Å²) in [4.78, 5) is 18.4. The zero-order valence-corrected chi connectivity index (χ0v) is 14.1. The zero-order chi connectivity index (χ0) is 17.8. The van der Waals surface area contributed by atoms with Gasteiger partial charge >= 0.3 is 0 Å². The molecule has 2 N–H and O–H groups in total. The van der Waals surface area contributed by atoms with Crippen LogP contribution in [0.3, 0.4) is 0 Å². The number of likely N-dealkylation sites (tertiary alicyclic amines) is 1. The molecule has 6 nitrogen and oxygen atoms in total. The van der Waals surface area contributed by atoms with Crippen LogP contribution < -0.4 is 4.74 Å². The van der Waals surface area contributed by atoms with E-state index < -0.39 is 0 Å². The minimum Gasteiger partial charge on any atom is -0.456 e. The van der Waals surface area contributed by atoms with Crippen LogP contribution in [0.1, 0.15) is 22.5 Å². The van der Waals surface area contributed by atoms with Crippen molar-refractivity contribution in [2.75, 3.05) is 19.8 Å². The summed E-state index contributed by atoms with van der Waals surface area (Å²) in [6.45, 7) is 2.34. The third kappa shape index (κ3) is 3.97. The van der Waals surface area contributed by atoms with Crippen molar-refractivity contribution < 1.29 is 19.7 Å². The van der Waals surface area contributed by atoms with E-state index in [9.17, 15) is 15.0 Å². The van der Waals surface area contributed by atoms with E-state index >= 15 is 0 Å². The molecule has 25 heavy (non-hydrogen) atoms. The number of aliphatic hydroxyl groups excluding tert-OH is 2. The first-order valence-electron chi connectivity index (χ1n) is 8.34. The molecule has 6 heteroatoms. The summed E-state index contributed by atoms with van der Waals surface area (Å²) in [5.41, 5.74) is 1.45. The van der Waals surface area contributed by atoms with Gasteiger partial charge in [0.1, 0.15) is 17.2 Å². The number of pyridine rings is 1. The zero-order valence-electron chi connectivity index (χ0n) is 14.1. The van der Waals surface area contributed by atoms with Crippen LogP contribution in [0.25, 0.3) is 0 Å². The summed E-state index contributed by atoms with van der Waals surface area (Å²) in [6, 6.07) is 10.7. The smallest absolute Gasteiger partial charge is 0.272 e. The number of hydrogen-bond donors (Lipinski definition) is 2. The van der Waals surface area contributed by atoms with Crippen LogP contribution in [0.15, 0.2) is 42.6 Å². The van der Waals surface area contributed by atoms with Gasteiger partial charge in [-0.3, -0.25) is 4.79 Å². The fraction of sp³-hybridized carbons (Fsp3) is 0.368. The quantitative estimate of drug-likeness (QED) is 0.868. The molecule has 132 valence electrons. The number of hydrogen-bond acceptors (Lipinski definition) is 5. The van der Waals surface area contributed by atoms with Crippen LogP contribution in [0.5, 0.6) is 11.5 Å². The Morgan fingerprint density at radius 2 is 1.88 bits per heavy atom. The number of rotatable bonds is 5. The van der Waals surface area contributed by atoms with E-state index in [0.29, 0.717) is 30.2 Å². The average molecular weight is 342 g/mol. The second-order valence-corrected chi connectivity index (χ2v) is 6.37. The fourth-order valence-corrected chi connectivity index (χ4v) is 3.02. The molecule has 0 aliphatic carbocycles. The van der Waals surface area contributed by atoms with Crippen molar-refractivity contribution in [2.45, 2.75) is 19.4 Å². The first-order valence-corrected chi connectivity index (χ1v) is 8.34. The van der Waals surface area contributed by atoms with Crippen molar-refractivity contribution in [2.24, 2.45) is 5.92 Å². The highest BCUT2D eigenvalue weighted by atomic mass is 16.5. The average Bonchev–Trinajstić information content (AvgIpc) is 3.07. The Morgan fingerprint density at radius 1 is 1.16 bits per heavy atom. The van der Waals surface area contributed by atoms with E-state index in [1.807, 2.05) is 31.2 Å². The summed E-state index contributed by atoms with van der Waals surface area (Å²) in [6.07, 6.45) is 2.12. The Balaban J connectivity index is 1.69. The van der Waals surface area contributed by atoms with Crippen molar-refractivity contribution >= 4 is 5.91 Å². The summed E-state index contributed by atoms with van der Waals surface area (Å²) < 4.78 is 5.71. The summed E-state index contributed by atoms with van der Waals surface area (Å²) in [5, 5.41) is 18.7. The molecule has 1 amide bonds. The standard InChI is InChI=1S/C19H22N2O4/c1-13-2-4-16(5-3-13)25-17-6-7-18(20-9-17)19(24)21-10-14(11-22)8-15(21)12-23/h2-7,9,14-15,22-23H,8,10-12H2,1H3. The number of aliphatic hydroxyl groups is 2. The van der Waals surface area contributed by atoms with E-state index in [-0.39, 0.29) is 31.1 Å². The molecule has 2 atom stereocenters. The third-order valence-corrected chi connectivity index (χ3v) is 4.44. The molecule has 1 aliphatic rings.